The van der Waals surface area contributed by atoms with Crippen molar-refractivity contribution in [2.75, 3.05) is 5.75 Å². The third kappa shape index (κ3) is 1.55. The molecule has 6 nitrogen and oxygen atoms in total. The second-order valence-corrected chi connectivity index (χ2v) is 3.47. The maximum absolute atomic E-state index is 5.43. The molecule has 2 rings (SSSR count). The van der Waals surface area contributed by atoms with Crippen LogP contribution in [-0.4, -0.2) is 26.9 Å². The average Bonchev–Trinajstić information content (AvgIpc) is 2.53. The molecule has 0 atom stereocenters. The highest BCUT2D eigenvalue weighted by Gasteiger charge is 2.16. The molecule has 0 fully saturated rings. The van der Waals surface area contributed by atoms with Gasteiger partial charge in [-0.15, -0.1) is 10.2 Å². The van der Waals surface area contributed by atoms with E-state index in [0.717, 1.165) is 11.4 Å². The number of aromatic nitrogens is 2. The van der Waals surface area contributed by atoms with Crippen LogP contribution in [0.3, 0.4) is 0 Å². The summed E-state index contributed by atoms with van der Waals surface area (Å²) in [6, 6.07) is 0. The Labute approximate surface area is 78.2 Å². The predicted molar refractivity (Wildman–Crippen MR) is 49.7 cm³/mol. The van der Waals surface area contributed by atoms with E-state index >= 15 is 0 Å². The molecular weight excluding hydrogens is 190 g/mol. The highest BCUT2D eigenvalue weighted by molar-refractivity contribution is 8.14. The lowest BCUT2D eigenvalue weighted by molar-refractivity contribution is 0.304. The van der Waals surface area contributed by atoms with Crippen molar-refractivity contribution in [2.24, 2.45) is 15.9 Å². The minimum absolute atomic E-state index is 0.470. The first-order valence-corrected chi connectivity index (χ1v) is 4.58. The largest absolute Gasteiger partial charge is 0.377 e. The zero-order valence-electron chi connectivity index (χ0n) is 6.89. The summed E-state index contributed by atoms with van der Waals surface area (Å²) in [6.07, 6.45) is 0. The zero-order chi connectivity index (χ0) is 9.26. The van der Waals surface area contributed by atoms with E-state index in [4.69, 9.17) is 5.73 Å². The van der Waals surface area contributed by atoms with E-state index < -0.39 is 0 Å². The van der Waals surface area contributed by atoms with Crippen LogP contribution in [0.2, 0.25) is 0 Å². The van der Waals surface area contributed by atoms with Crippen LogP contribution in [0.15, 0.2) is 14.8 Å². The molecule has 0 bridgehead atoms. The number of thioether (sulfide) groups is 1. The first kappa shape index (κ1) is 8.24. The molecule has 0 amide bonds. The zero-order valence-corrected chi connectivity index (χ0v) is 7.71. The van der Waals surface area contributed by atoms with Gasteiger partial charge in [-0.1, -0.05) is 16.9 Å². The van der Waals surface area contributed by atoms with Gasteiger partial charge in [-0.05, 0) is 12.1 Å². The lowest BCUT2D eigenvalue weighted by Crippen LogP contribution is -2.17. The Kier molecular flexibility index (Phi) is 2.01. The minimum Gasteiger partial charge on any atom is -0.377 e. The third-order valence-electron chi connectivity index (χ3n) is 1.55. The molecule has 0 spiro atoms. The Balaban J connectivity index is 2.33. The number of amidine groups is 1. The van der Waals surface area contributed by atoms with Gasteiger partial charge in [-0.25, -0.2) is 4.63 Å². The Hall–Kier alpha value is -1.37. The van der Waals surface area contributed by atoms with E-state index in [-0.39, 0.29) is 0 Å². The second-order valence-electron chi connectivity index (χ2n) is 2.47. The van der Waals surface area contributed by atoms with Crippen molar-refractivity contribution >= 4 is 22.6 Å². The topological polar surface area (TPSA) is 89.7 Å². The smallest absolute Gasteiger partial charge is 0.180 e. The molecule has 1 aliphatic rings. The molecule has 0 aliphatic carbocycles. The standard InChI is InChI=1S/C6H7N5OS/c1-3-5(11-12-10-3)4-2-13-6(7)9-8-4/h2H2,1H3,(H2,7,9). The Morgan fingerprint density at radius 3 is 2.77 bits per heavy atom. The summed E-state index contributed by atoms with van der Waals surface area (Å²) in [6.45, 7) is 1.81. The van der Waals surface area contributed by atoms with Crippen LogP contribution in [0.1, 0.15) is 11.4 Å². The van der Waals surface area contributed by atoms with Crippen molar-refractivity contribution in [1.82, 2.24) is 10.3 Å². The molecule has 1 aliphatic heterocycles. The van der Waals surface area contributed by atoms with Gasteiger partial charge in [0, 0.05) is 5.75 Å². The molecule has 2 heterocycles. The number of nitrogens with two attached hydrogens (primary N) is 1. The van der Waals surface area contributed by atoms with Crippen LogP contribution in [0, 0.1) is 6.92 Å². The number of rotatable bonds is 1. The Morgan fingerprint density at radius 1 is 1.38 bits per heavy atom. The molecule has 2 N–H and O–H groups in total. The quantitative estimate of drug-likeness (QED) is 0.691. The number of nitrogens with zero attached hydrogens (tertiary/aromatic N) is 4. The van der Waals surface area contributed by atoms with Crippen molar-refractivity contribution in [2.45, 2.75) is 6.92 Å². The van der Waals surface area contributed by atoms with Gasteiger partial charge in [0.15, 0.2) is 10.9 Å². The summed E-state index contributed by atoms with van der Waals surface area (Å²) in [7, 11) is 0. The highest BCUT2D eigenvalue weighted by atomic mass is 32.2. The van der Waals surface area contributed by atoms with Crippen molar-refractivity contribution in [3.8, 4) is 0 Å². The molecule has 1 aromatic heterocycles. The van der Waals surface area contributed by atoms with E-state index in [1.54, 1.807) is 6.92 Å². The van der Waals surface area contributed by atoms with Crippen LogP contribution in [-0.2, 0) is 0 Å². The predicted octanol–water partition coefficient (Wildman–Crippen LogP) is 0.144. The molecule has 68 valence electrons. The van der Waals surface area contributed by atoms with Crippen LogP contribution >= 0.6 is 11.8 Å². The molecule has 13 heavy (non-hydrogen) atoms. The van der Waals surface area contributed by atoms with E-state index in [1.165, 1.54) is 11.8 Å². The average molecular weight is 197 g/mol. The second kappa shape index (κ2) is 3.17. The lowest BCUT2D eigenvalue weighted by Gasteiger charge is -2.05. The van der Waals surface area contributed by atoms with Gasteiger partial charge in [0.05, 0.1) is 0 Å². The first-order chi connectivity index (χ1) is 6.27. The fourth-order valence-corrected chi connectivity index (χ4v) is 1.50. The van der Waals surface area contributed by atoms with E-state index in [0.29, 0.717) is 16.6 Å². The summed E-state index contributed by atoms with van der Waals surface area (Å²) in [4.78, 5) is 0. The van der Waals surface area contributed by atoms with E-state index in [2.05, 4.69) is 25.1 Å². The van der Waals surface area contributed by atoms with Gasteiger partial charge < -0.3 is 5.73 Å². The number of hydrogen-bond donors (Lipinski definition) is 1. The highest BCUT2D eigenvalue weighted by Crippen LogP contribution is 2.13. The molecule has 0 aromatic carbocycles. The molecule has 0 saturated carbocycles. The van der Waals surface area contributed by atoms with Crippen LogP contribution in [0.4, 0.5) is 0 Å². The molecular formula is C6H7N5OS. The summed E-state index contributed by atoms with van der Waals surface area (Å²) < 4.78 is 4.56. The maximum Gasteiger partial charge on any atom is 0.180 e. The van der Waals surface area contributed by atoms with Crippen LogP contribution in [0.25, 0.3) is 0 Å². The fourth-order valence-electron chi connectivity index (χ4n) is 0.919. The summed E-state index contributed by atoms with van der Waals surface area (Å²) in [5.41, 5.74) is 7.56. The molecule has 0 unspecified atom stereocenters. The Bertz CT molecular complexity index is 382. The van der Waals surface area contributed by atoms with E-state index in [9.17, 15) is 0 Å². The normalized spacial score (nSPS) is 16.7. The van der Waals surface area contributed by atoms with Crippen molar-refractivity contribution in [3.05, 3.63) is 11.4 Å². The van der Waals surface area contributed by atoms with Gasteiger partial charge in [0.2, 0.25) is 0 Å². The molecule has 0 saturated heterocycles. The monoisotopic (exact) mass is 197 g/mol. The van der Waals surface area contributed by atoms with Crippen LogP contribution in [0.5, 0.6) is 0 Å². The van der Waals surface area contributed by atoms with E-state index in [1.807, 2.05) is 0 Å². The number of aryl methyl sites for hydroxylation is 1. The maximum atomic E-state index is 5.43. The first-order valence-electron chi connectivity index (χ1n) is 3.59. The molecule has 1 aromatic rings. The van der Waals surface area contributed by atoms with Gasteiger partial charge in [-0.2, -0.15) is 0 Å². The van der Waals surface area contributed by atoms with Crippen molar-refractivity contribution < 1.29 is 4.63 Å². The fraction of sp³-hybridized carbons (Fsp3) is 0.333. The van der Waals surface area contributed by atoms with Crippen molar-refractivity contribution in [1.29, 1.82) is 0 Å². The Morgan fingerprint density at radius 2 is 2.23 bits per heavy atom. The van der Waals surface area contributed by atoms with Crippen LogP contribution < -0.4 is 5.73 Å². The summed E-state index contributed by atoms with van der Waals surface area (Å²) in [5.74, 6) is 0.657. The minimum atomic E-state index is 0.470. The number of hydrogen-bond acceptors (Lipinski definition) is 7. The SMILES string of the molecule is Cc1nonc1C1=NN=C(N)SC1. The van der Waals surface area contributed by atoms with Gasteiger partial charge in [-0.3, -0.25) is 0 Å². The summed E-state index contributed by atoms with van der Waals surface area (Å²) >= 11 is 1.42. The lowest BCUT2D eigenvalue weighted by atomic mass is 10.2. The van der Waals surface area contributed by atoms with Crippen molar-refractivity contribution in [3.63, 3.8) is 0 Å². The molecule has 7 heteroatoms. The third-order valence-corrected chi connectivity index (χ3v) is 2.35. The summed E-state index contributed by atoms with van der Waals surface area (Å²) in [5, 5.41) is 15.5. The molecule has 0 radical (unpaired) electrons. The van der Waals surface area contributed by atoms with Gasteiger partial charge in [0.1, 0.15) is 11.4 Å². The van der Waals surface area contributed by atoms with Gasteiger partial charge in [0.25, 0.3) is 0 Å². The van der Waals surface area contributed by atoms with Gasteiger partial charge >= 0.3 is 0 Å².